The van der Waals surface area contributed by atoms with Gasteiger partial charge in [0.25, 0.3) is 0 Å². The zero-order valence-electron chi connectivity index (χ0n) is 27.4. The Morgan fingerprint density at radius 1 is 0.451 bits per heavy atom. The highest BCUT2D eigenvalue weighted by molar-refractivity contribution is 7.26. The first-order valence-electron chi connectivity index (χ1n) is 17.2. The molecule has 0 N–H and O–H groups in total. The van der Waals surface area contributed by atoms with Crippen LogP contribution in [0.4, 0.5) is 0 Å². The van der Waals surface area contributed by atoms with Crippen molar-refractivity contribution in [3.05, 3.63) is 170 Å². The number of aromatic nitrogens is 4. The fourth-order valence-corrected chi connectivity index (χ4v) is 9.15. The third kappa shape index (κ3) is 4.25. The summed E-state index contributed by atoms with van der Waals surface area (Å²) in [4.78, 5) is 10.3. The maximum atomic E-state index is 5.32. The van der Waals surface area contributed by atoms with Crippen molar-refractivity contribution in [1.29, 1.82) is 0 Å². The van der Waals surface area contributed by atoms with Gasteiger partial charge in [-0.3, -0.25) is 9.55 Å². The quantitative estimate of drug-likeness (QED) is 0.187. The first kappa shape index (κ1) is 28.3. The Hall–Kier alpha value is -6.56. The van der Waals surface area contributed by atoms with E-state index in [1.165, 1.54) is 36.3 Å². The summed E-state index contributed by atoms with van der Waals surface area (Å²) in [6, 6.07) is 58.5. The van der Waals surface area contributed by atoms with E-state index in [1.807, 2.05) is 29.7 Å². The topological polar surface area (TPSA) is 35.6 Å². The first-order chi connectivity index (χ1) is 25.3. The lowest BCUT2D eigenvalue weighted by Crippen LogP contribution is -2.00. The zero-order valence-corrected chi connectivity index (χ0v) is 28.2. The summed E-state index contributed by atoms with van der Waals surface area (Å²) in [5, 5.41) is 6.16. The van der Waals surface area contributed by atoms with E-state index in [0.717, 1.165) is 61.5 Å². The van der Waals surface area contributed by atoms with Gasteiger partial charge in [0.2, 0.25) is 0 Å². The molecule has 0 aliphatic rings. The summed E-state index contributed by atoms with van der Waals surface area (Å²) in [7, 11) is 0. The van der Waals surface area contributed by atoms with E-state index >= 15 is 0 Å². The summed E-state index contributed by atoms with van der Waals surface area (Å²) in [6.07, 6.45) is 1.91. The van der Waals surface area contributed by atoms with Gasteiger partial charge in [0, 0.05) is 53.8 Å². The van der Waals surface area contributed by atoms with Crippen molar-refractivity contribution in [2.24, 2.45) is 0 Å². The maximum absolute atomic E-state index is 5.32. The van der Waals surface area contributed by atoms with Gasteiger partial charge in [-0.15, -0.1) is 11.3 Å². The van der Waals surface area contributed by atoms with Gasteiger partial charge in [-0.25, -0.2) is 4.98 Å². The van der Waals surface area contributed by atoms with Crippen LogP contribution in [0.2, 0.25) is 0 Å². The predicted octanol–water partition coefficient (Wildman–Crippen LogP) is 12.4. The molecule has 0 unspecified atom stereocenters. The van der Waals surface area contributed by atoms with Crippen molar-refractivity contribution in [1.82, 2.24) is 19.1 Å². The standard InChI is InChI=1S/C46H28N4S/c1-3-12-29(13-4-1)31-26-37(30-14-5-2-6-15-30)48-43(27-31)50-38-18-9-7-16-33(38)36-28-32(21-23-39(36)50)49-40-24-22-35-34-17-8-10-20-42(34)51-46(35)44(40)45-41(49)19-11-25-47-45/h1-28H. The molecule has 0 bridgehead atoms. The smallest absolute Gasteiger partial charge is 0.138 e. The Morgan fingerprint density at radius 2 is 1.16 bits per heavy atom. The maximum Gasteiger partial charge on any atom is 0.138 e. The normalized spacial score (nSPS) is 11.9. The number of fused-ring (bicyclic) bond motifs is 10. The molecule has 4 nitrogen and oxygen atoms in total. The highest BCUT2D eigenvalue weighted by atomic mass is 32.1. The zero-order chi connectivity index (χ0) is 33.5. The molecule has 0 aliphatic carbocycles. The second-order valence-electron chi connectivity index (χ2n) is 13.0. The fraction of sp³-hybridized carbons (Fsp3) is 0. The Kier molecular flexibility index (Phi) is 6.09. The Balaban J connectivity index is 1.18. The van der Waals surface area contributed by atoms with Crippen molar-refractivity contribution < 1.29 is 0 Å². The summed E-state index contributed by atoms with van der Waals surface area (Å²) in [6.45, 7) is 0. The fourth-order valence-electron chi connectivity index (χ4n) is 7.90. The number of para-hydroxylation sites is 1. The van der Waals surface area contributed by atoms with Crippen LogP contribution in [0.1, 0.15) is 0 Å². The van der Waals surface area contributed by atoms with Crippen molar-refractivity contribution in [2.75, 3.05) is 0 Å². The lowest BCUT2D eigenvalue weighted by molar-refractivity contribution is 1.08. The van der Waals surface area contributed by atoms with E-state index < -0.39 is 0 Å². The molecule has 11 rings (SSSR count). The van der Waals surface area contributed by atoms with Crippen LogP contribution >= 0.6 is 11.3 Å². The van der Waals surface area contributed by atoms with Crippen molar-refractivity contribution in [2.45, 2.75) is 0 Å². The molecule has 0 saturated carbocycles. The van der Waals surface area contributed by atoms with E-state index in [4.69, 9.17) is 9.97 Å². The van der Waals surface area contributed by atoms with Gasteiger partial charge >= 0.3 is 0 Å². The van der Waals surface area contributed by atoms with Gasteiger partial charge in [0.05, 0.1) is 33.3 Å². The van der Waals surface area contributed by atoms with Crippen molar-refractivity contribution >= 4 is 75.3 Å². The van der Waals surface area contributed by atoms with E-state index in [1.54, 1.807) is 0 Å². The summed E-state index contributed by atoms with van der Waals surface area (Å²) in [5.74, 6) is 0.891. The summed E-state index contributed by atoms with van der Waals surface area (Å²) >= 11 is 1.86. The lowest BCUT2D eigenvalue weighted by Gasteiger charge is -2.13. The number of nitrogens with zero attached hydrogens (tertiary/aromatic N) is 4. The van der Waals surface area contributed by atoms with Crippen LogP contribution in [0.15, 0.2) is 170 Å². The monoisotopic (exact) mass is 668 g/mol. The Morgan fingerprint density at radius 3 is 2.02 bits per heavy atom. The van der Waals surface area contributed by atoms with Gasteiger partial charge in [-0.05, 0) is 71.8 Å². The average molecular weight is 669 g/mol. The number of rotatable bonds is 4. The molecule has 0 amide bonds. The summed E-state index contributed by atoms with van der Waals surface area (Å²) in [5.41, 5.74) is 11.0. The first-order valence-corrected chi connectivity index (χ1v) is 18.0. The van der Waals surface area contributed by atoms with Crippen molar-refractivity contribution in [3.63, 3.8) is 0 Å². The molecule has 0 radical (unpaired) electrons. The molecule has 0 atom stereocenters. The number of benzene rings is 6. The molecule has 5 heterocycles. The van der Waals surface area contributed by atoms with Crippen LogP contribution in [0.25, 0.3) is 97.8 Å². The van der Waals surface area contributed by atoms with Gasteiger partial charge < -0.3 is 4.57 Å². The SMILES string of the molecule is c1ccc(-c2cc(-c3ccccc3)nc(-n3c4ccccc4c4cc(-n5c6cccnc6c6c7sc8ccccc8c7ccc65)ccc43)c2)cc1. The molecule has 5 heteroatoms. The molecule has 11 aromatic rings. The second-order valence-corrected chi connectivity index (χ2v) is 14.1. The Labute approximate surface area is 297 Å². The molecule has 51 heavy (non-hydrogen) atoms. The number of thiophene rings is 1. The minimum absolute atomic E-state index is 0.891. The predicted molar refractivity (Wildman–Crippen MR) is 214 cm³/mol. The summed E-state index contributed by atoms with van der Waals surface area (Å²) < 4.78 is 7.29. The third-order valence-corrected chi connectivity index (χ3v) is 11.4. The molecule has 5 aromatic heterocycles. The number of hydrogen-bond acceptors (Lipinski definition) is 3. The molecule has 6 aromatic carbocycles. The average Bonchev–Trinajstić information content (AvgIpc) is 3.86. The van der Waals surface area contributed by atoms with E-state index in [0.29, 0.717) is 0 Å². The van der Waals surface area contributed by atoms with Crippen LogP contribution in [0.5, 0.6) is 0 Å². The minimum atomic E-state index is 0.891. The highest BCUT2D eigenvalue weighted by Crippen LogP contribution is 2.43. The van der Waals surface area contributed by atoms with Crippen LogP contribution in [-0.2, 0) is 0 Å². The van der Waals surface area contributed by atoms with Crippen LogP contribution in [0, 0.1) is 0 Å². The van der Waals surface area contributed by atoms with E-state index in [9.17, 15) is 0 Å². The molecule has 0 fully saturated rings. The van der Waals surface area contributed by atoms with Gasteiger partial charge in [-0.2, -0.15) is 0 Å². The molecule has 0 saturated heterocycles. The van der Waals surface area contributed by atoms with Crippen molar-refractivity contribution in [3.8, 4) is 33.9 Å². The molecular weight excluding hydrogens is 641 g/mol. The van der Waals surface area contributed by atoms with E-state index in [2.05, 4.69) is 161 Å². The van der Waals surface area contributed by atoms with Gasteiger partial charge in [0.1, 0.15) is 5.82 Å². The largest absolute Gasteiger partial charge is 0.308 e. The number of pyridine rings is 2. The third-order valence-electron chi connectivity index (χ3n) is 10.2. The molecule has 0 spiro atoms. The van der Waals surface area contributed by atoms with E-state index in [-0.39, 0.29) is 0 Å². The van der Waals surface area contributed by atoms with Crippen LogP contribution in [-0.4, -0.2) is 19.1 Å². The van der Waals surface area contributed by atoms with Gasteiger partial charge in [0.15, 0.2) is 0 Å². The molecule has 238 valence electrons. The minimum Gasteiger partial charge on any atom is -0.308 e. The van der Waals surface area contributed by atoms with Gasteiger partial charge in [-0.1, -0.05) is 103 Å². The van der Waals surface area contributed by atoms with Crippen LogP contribution < -0.4 is 0 Å². The second kappa shape index (κ2) is 11.0. The lowest BCUT2D eigenvalue weighted by atomic mass is 10.0. The highest BCUT2D eigenvalue weighted by Gasteiger charge is 2.20. The molecular formula is C46H28N4S. The number of hydrogen-bond donors (Lipinski definition) is 0. The Bertz CT molecular complexity index is 3080. The molecule has 0 aliphatic heterocycles. The van der Waals surface area contributed by atoms with Crippen LogP contribution in [0.3, 0.4) is 0 Å².